The first-order valence-corrected chi connectivity index (χ1v) is 4.14. The summed E-state index contributed by atoms with van der Waals surface area (Å²) >= 11 is 0. The van der Waals surface area contributed by atoms with Crippen LogP contribution in [0.15, 0.2) is 0 Å². The Labute approximate surface area is 76.8 Å². The van der Waals surface area contributed by atoms with Crippen LogP contribution in [0.2, 0.25) is 0 Å². The normalized spacial score (nSPS) is 14.9. The van der Waals surface area contributed by atoms with Crippen LogP contribution in [-0.4, -0.2) is 34.2 Å². The lowest BCUT2D eigenvalue weighted by Gasteiger charge is -2.15. The van der Waals surface area contributed by atoms with Crippen molar-refractivity contribution in [3.05, 3.63) is 0 Å². The number of carboxylic acids is 2. The molecule has 0 rings (SSSR count). The molecule has 0 radical (unpaired) electrons. The molecule has 0 aromatic rings. The van der Waals surface area contributed by atoms with Gasteiger partial charge in [0, 0.05) is 12.5 Å². The molecule has 2 atom stereocenters. The summed E-state index contributed by atoms with van der Waals surface area (Å²) in [4.78, 5) is 20.6. The van der Waals surface area contributed by atoms with Gasteiger partial charge in [-0.15, -0.1) is 0 Å². The molecule has 0 aromatic carbocycles. The molecule has 3 N–H and O–H groups in total. The van der Waals surface area contributed by atoms with Gasteiger partial charge in [0.25, 0.3) is 0 Å². The molecular formula is C8H15NO4. The maximum Gasteiger partial charge on any atom is 0.320 e. The maximum atomic E-state index is 10.4. The lowest BCUT2D eigenvalue weighted by Crippen LogP contribution is -2.39. The molecule has 0 fully saturated rings. The number of hydrogen-bond acceptors (Lipinski definition) is 3. The SMILES string of the molecule is CC(CCC(=O)O)NC(C)C(=O)O. The first-order chi connectivity index (χ1) is 5.93. The maximum absolute atomic E-state index is 10.4. The molecule has 0 saturated carbocycles. The lowest BCUT2D eigenvalue weighted by molar-refractivity contribution is -0.139. The van der Waals surface area contributed by atoms with E-state index in [2.05, 4.69) is 5.32 Å². The summed E-state index contributed by atoms with van der Waals surface area (Å²) < 4.78 is 0. The minimum Gasteiger partial charge on any atom is -0.481 e. The van der Waals surface area contributed by atoms with Crippen molar-refractivity contribution in [2.45, 2.75) is 38.8 Å². The van der Waals surface area contributed by atoms with Crippen LogP contribution in [-0.2, 0) is 9.59 Å². The molecule has 13 heavy (non-hydrogen) atoms. The first-order valence-electron chi connectivity index (χ1n) is 4.14. The van der Waals surface area contributed by atoms with E-state index in [9.17, 15) is 9.59 Å². The van der Waals surface area contributed by atoms with Crippen molar-refractivity contribution in [1.29, 1.82) is 0 Å². The van der Waals surface area contributed by atoms with Crippen LogP contribution in [0.1, 0.15) is 26.7 Å². The highest BCUT2D eigenvalue weighted by molar-refractivity contribution is 5.72. The Balaban J connectivity index is 3.67. The average molecular weight is 189 g/mol. The third-order valence-corrected chi connectivity index (χ3v) is 1.70. The highest BCUT2D eigenvalue weighted by Crippen LogP contribution is 1.97. The van der Waals surface area contributed by atoms with Gasteiger partial charge in [0.2, 0.25) is 0 Å². The third kappa shape index (κ3) is 6.10. The number of nitrogens with one attached hydrogen (secondary N) is 1. The second-order valence-corrected chi connectivity index (χ2v) is 3.06. The van der Waals surface area contributed by atoms with E-state index in [4.69, 9.17) is 10.2 Å². The number of carboxylic acid groups (broad SMARTS) is 2. The fourth-order valence-corrected chi connectivity index (χ4v) is 0.921. The summed E-state index contributed by atoms with van der Waals surface area (Å²) in [6.07, 6.45) is 0.494. The standard InChI is InChI=1S/C8H15NO4/c1-5(3-4-7(10)11)9-6(2)8(12)13/h5-6,9H,3-4H2,1-2H3,(H,10,11)(H,12,13). The molecule has 0 heterocycles. The van der Waals surface area contributed by atoms with Gasteiger partial charge in [-0.3, -0.25) is 9.59 Å². The number of hydrogen-bond donors (Lipinski definition) is 3. The van der Waals surface area contributed by atoms with Crippen LogP contribution in [0.4, 0.5) is 0 Å². The molecule has 0 aliphatic carbocycles. The van der Waals surface area contributed by atoms with E-state index in [1.165, 1.54) is 6.92 Å². The van der Waals surface area contributed by atoms with E-state index in [1.54, 1.807) is 6.92 Å². The zero-order valence-corrected chi connectivity index (χ0v) is 7.78. The van der Waals surface area contributed by atoms with E-state index < -0.39 is 18.0 Å². The van der Waals surface area contributed by atoms with Gasteiger partial charge in [0.15, 0.2) is 0 Å². The second kappa shape index (κ2) is 5.53. The Hall–Kier alpha value is -1.10. The molecule has 0 amide bonds. The summed E-state index contributed by atoms with van der Waals surface area (Å²) in [5.41, 5.74) is 0. The van der Waals surface area contributed by atoms with Crippen molar-refractivity contribution in [3.8, 4) is 0 Å². The highest BCUT2D eigenvalue weighted by Gasteiger charge is 2.13. The zero-order chi connectivity index (χ0) is 10.4. The van der Waals surface area contributed by atoms with Crippen molar-refractivity contribution in [1.82, 2.24) is 5.32 Å². The summed E-state index contributed by atoms with van der Waals surface area (Å²) in [6, 6.07) is -0.731. The van der Waals surface area contributed by atoms with Crippen LogP contribution in [0.3, 0.4) is 0 Å². The molecule has 0 bridgehead atoms. The molecular weight excluding hydrogens is 174 g/mol. The summed E-state index contributed by atoms with van der Waals surface area (Å²) in [7, 11) is 0. The van der Waals surface area contributed by atoms with Crippen molar-refractivity contribution in [3.63, 3.8) is 0 Å². The predicted octanol–water partition coefficient (Wildman–Crippen LogP) is 0.302. The number of rotatable bonds is 6. The molecule has 5 nitrogen and oxygen atoms in total. The Morgan fingerprint density at radius 2 is 1.85 bits per heavy atom. The molecule has 0 aromatic heterocycles. The first kappa shape index (κ1) is 11.9. The quantitative estimate of drug-likeness (QED) is 0.559. The Bertz CT molecular complexity index is 193. The number of carbonyl (C=O) groups is 2. The Kier molecular flexibility index (Phi) is 5.06. The molecule has 0 aliphatic rings. The topological polar surface area (TPSA) is 86.6 Å². The molecule has 0 aliphatic heterocycles. The third-order valence-electron chi connectivity index (χ3n) is 1.70. The van der Waals surface area contributed by atoms with E-state index in [0.717, 1.165) is 0 Å². The molecule has 0 spiro atoms. The fraction of sp³-hybridized carbons (Fsp3) is 0.750. The largest absolute Gasteiger partial charge is 0.481 e. The van der Waals surface area contributed by atoms with Crippen LogP contribution >= 0.6 is 0 Å². The van der Waals surface area contributed by atoms with E-state index in [-0.39, 0.29) is 12.5 Å². The van der Waals surface area contributed by atoms with Crippen LogP contribution in [0, 0.1) is 0 Å². The van der Waals surface area contributed by atoms with Crippen molar-refractivity contribution >= 4 is 11.9 Å². The number of aliphatic carboxylic acids is 2. The Morgan fingerprint density at radius 3 is 2.23 bits per heavy atom. The van der Waals surface area contributed by atoms with E-state index in [1.807, 2.05) is 0 Å². The predicted molar refractivity (Wildman–Crippen MR) is 46.6 cm³/mol. The van der Waals surface area contributed by atoms with Crippen LogP contribution < -0.4 is 5.32 Å². The monoisotopic (exact) mass is 189 g/mol. The average Bonchev–Trinajstić information content (AvgIpc) is 2.00. The zero-order valence-electron chi connectivity index (χ0n) is 7.78. The molecule has 5 heteroatoms. The summed E-state index contributed by atoms with van der Waals surface area (Å²) in [6.45, 7) is 3.29. The minimum absolute atomic E-state index is 0.0561. The van der Waals surface area contributed by atoms with Gasteiger partial charge in [-0.2, -0.15) is 0 Å². The second-order valence-electron chi connectivity index (χ2n) is 3.06. The smallest absolute Gasteiger partial charge is 0.320 e. The Morgan fingerprint density at radius 1 is 1.31 bits per heavy atom. The van der Waals surface area contributed by atoms with Gasteiger partial charge in [0.05, 0.1) is 0 Å². The molecule has 76 valence electrons. The van der Waals surface area contributed by atoms with E-state index in [0.29, 0.717) is 6.42 Å². The fourth-order valence-electron chi connectivity index (χ4n) is 0.921. The van der Waals surface area contributed by atoms with Crippen molar-refractivity contribution in [2.24, 2.45) is 0 Å². The molecule has 0 saturated heterocycles. The van der Waals surface area contributed by atoms with Crippen molar-refractivity contribution < 1.29 is 19.8 Å². The van der Waals surface area contributed by atoms with Gasteiger partial charge < -0.3 is 15.5 Å². The van der Waals surface area contributed by atoms with Crippen molar-refractivity contribution in [2.75, 3.05) is 0 Å². The van der Waals surface area contributed by atoms with Gasteiger partial charge in [0.1, 0.15) is 6.04 Å². The summed E-state index contributed by atoms with van der Waals surface area (Å²) in [5, 5.41) is 19.7. The lowest BCUT2D eigenvalue weighted by atomic mass is 10.1. The highest BCUT2D eigenvalue weighted by atomic mass is 16.4. The minimum atomic E-state index is -0.929. The molecule has 2 unspecified atom stereocenters. The van der Waals surface area contributed by atoms with E-state index >= 15 is 0 Å². The van der Waals surface area contributed by atoms with Crippen LogP contribution in [0.5, 0.6) is 0 Å². The summed E-state index contributed by atoms with van der Waals surface area (Å²) in [5.74, 6) is -1.79. The van der Waals surface area contributed by atoms with Gasteiger partial charge >= 0.3 is 11.9 Å². The van der Waals surface area contributed by atoms with Crippen LogP contribution in [0.25, 0.3) is 0 Å². The van der Waals surface area contributed by atoms with Gasteiger partial charge in [-0.05, 0) is 20.3 Å². The van der Waals surface area contributed by atoms with Gasteiger partial charge in [-0.1, -0.05) is 0 Å². The van der Waals surface area contributed by atoms with Gasteiger partial charge in [-0.25, -0.2) is 0 Å².